The van der Waals surface area contributed by atoms with E-state index < -0.39 is 11.8 Å². The topological polar surface area (TPSA) is 88.7 Å². The van der Waals surface area contributed by atoms with Gasteiger partial charge in [-0.1, -0.05) is 41.4 Å². The largest absolute Gasteiger partial charge is 0.484 e. The van der Waals surface area contributed by atoms with E-state index in [-0.39, 0.29) is 23.3 Å². The molecule has 2 amide bonds. The number of para-hydroxylation sites is 1. The van der Waals surface area contributed by atoms with E-state index in [1.807, 2.05) is 6.07 Å². The summed E-state index contributed by atoms with van der Waals surface area (Å²) in [4.78, 5) is 23.5. The number of hydrazine groups is 1. The zero-order valence-corrected chi connectivity index (χ0v) is 16.2. The Balaban J connectivity index is 1.65. The summed E-state index contributed by atoms with van der Waals surface area (Å²) in [5.74, 6) is -0.143. The van der Waals surface area contributed by atoms with Crippen LogP contribution in [0.15, 0.2) is 48.5 Å². The molecular formula is C17H15Cl2N3O4S. The van der Waals surface area contributed by atoms with E-state index in [1.54, 1.807) is 36.4 Å². The molecule has 0 aromatic heterocycles. The number of thiocarbonyl (C=S) groups is 1. The van der Waals surface area contributed by atoms with Gasteiger partial charge >= 0.3 is 0 Å². The standard InChI is InChI=1S/C17H15Cl2N3O4S/c18-11-6-7-14(13(19)8-11)26-10-16(24)21-22-17(27)20-15(23)9-25-12-4-2-1-3-5-12/h1-8H,9-10H2,(H,21,24)(H2,20,22,23,27). The lowest BCUT2D eigenvalue weighted by Gasteiger charge is -2.12. The number of ether oxygens (including phenoxy) is 2. The number of carbonyl (C=O) groups is 2. The molecule has 3 N–H and O–H groups in total. The Morgan fingerprint density at radius 1 is 0.926 bits per heavy atom. The molecule has 2 rings (SSSR count). The van der Waals surface area contributed by atoms with E-state index in [1.165, 1.54) is 6.07 Å². The van der Waals surface area contributed by atoms with E-state index in [0.29, 0.717) is 16.5 Å². The number of nitrogens with one attached hydrogen (secondary N) is 3. The second kappa shape index (κ2) is 10.6. The number of hydrogen-bond donors (Lipinski definition) is 3. The molecule has 0 bridgehead atoms. The van der Waals surface area contributed by atoms with E-state index in [2.05, 4.69) is 16.2 Å². The Hall–Kier alpha value is -2.55. The fourth-order valence-corrected chi connectivity index (χ4v) is 2.39. The zero-order valence-electron chi connectivity index (χ0n) is 13.8. The fourth-order valence-electron chi connectivity index (χ4n) is 1.76. The Morgan fingerprint density at radius 2 is 1.63 bits per heavy atom. The summed E-state index contributed by atoms with van der Waals surface area (Å²) in [5, 5.41) is 3.01. The van der Waals surface area contributed by atoms with Crippen LogP contribution in [0.1, 0.15) is 0 Å². The van der Waals surface area contributed by atoms with Crippen LogP contribution in [0.5, 0.6) is 11.5 Å². The van der Waals surface area contributed by atoms with Crippen molar-refractivity contribution in [3.05, 3.63) is 58.6 Å². The molecule has 27 heavy (non-hydrogen) atoms. The van der Waals surface area contributed by atoms with Gasteiger partial charge in [0, 0.05) is 5.02 Å². The quantitative estimate of drug-likeness (QED) is 0.484. The first kappa shape index (κ1) is 20.8. The van der Waals surface area contributed by atoms with Crippen molar-refractivity contribution in [2.75, 3.05) is 13.2 Å². The second-order valence-corrected chi connectivity index (χ2v) is 6.27. The highest BCUT2D eigenvalue weighted by molar-refractivity contribution is 7.80. The number of rotatable bonds is 6. The number of halogens is 2. The first-order chi connectivity index (χ1) is 12.9. The van der Waals surface area contributed by atoms with Gasteiger partial charge in [0.05, 0.1) is 5.02 Å². The van der Waals surface area contributed by atoms with Crippen molar-refractivity contribution >= 4 is 52.3 Å². The van der Waals surface area contributed by atoms with Crippen molar-refractivity contribution < 1.29 is 19.1 Å². The number of hydrogen-bond acceptors (Lipinski definition) is 5. The molecule has 0 aliphatic carbocycles. The monoisotopic (exact) mass is 427 g/mol. The van der Waals surface area contributed by atoms with Gasteiger partial charge in [-0.3, -0.25) is 25.8 Å². The molecule has 0 heterocycles. The number of carbonyl (C=O) groups excluding carboxylic acids is 2. The lowest BCUT2D eigenvalue weighted by Crippen LogP contribution is -2.50. The number of benzene rings is 2. The van der Waals surface area contributed by atoms with Gasteiger partial charge in [0.1, 0.15) is 11.5 Å². The third kappa shape index (κ3) is 7.69. The molecule has 0 fully saturated rings. The van der Waals surface area contributed by atoms with Crippen molar-refractivity contribution in [2.45, 2.75) is 0 Å². The van der Waals surface area contributed by atoms with Crippen LogP contribution in [-0.4, -0.2) is 30.1 Å². The summed E-state index contributed by atoms with van der Waals surface area (Å²) in [6.07, 6.45) is 0. The van der Waals surface area contributed by atoms with E-state index in [9.17, 15) is 9.59 Å². The van der Waals surface area contributed by atoms with Crippen LogP contribution in [0.4, 0.5) is 0 Å². The summed E-state index contributed by atoms with van der Waals surface area (Å²) in [6.45, 7) is -0.542. The third-order valence-electron chi connectivity index (χ3n) is 2.93. The van der Waals surface area contributed by atoms with E-state index in [4.69, 9.17) is 44.9 Å². The summed E-state index contributed by atoms with van der Waals surface area (Å²) in [7, 11) is 0. The van der Waals surface area contributed by atoms with Crippen LogP contribution in [0.3, 0.4) is 0 Å². The molecule has 0 saturated heterocycles. The summed E-state index contributed by atoms with van der Waals surface area (Å²) in [5.41, 5.74) is 4.66. The Morgan fingerprint density at radius 3 is 2.33 bits per heavy atom. The van der Waals surface area contributed by atoms with E-state index in [0.717, 1.165) is 0 Å². The molecule has 0 aliphatic heterocycles. The van der Waals surface area contributed by atoms with Crippen LogP contribution in [-0.2, 0) is 9.59 Å². The highest BCUT2D eigenvalue weighted by Crippen LogP contribution is 2.27. The normalized spacial score (nSPS) is 9.85. The van der Waals surface area contributed by atoms with Gasteiger partial charge in [0.15, 0.2) is 18.3 Å². The lowest BCUT2D eigenvalue weighted by atomic mass is 10.3. The minimum atomic E-state index is -0.529. The molecule has 7 nitrogen and oxygen atoms in total. The van der Waals surface area contributed by atoms with Crippen LogP contribution in [0, 0.1) is 0 Å². The summed E-state index contributed by atoms with van der Waals surface area (Å²) < 4.78 is 10.5. The van der Waals surface area contributed by atoms with Gasteiger partial charge in [-0.15, -0.1) is 0 Å². The van der Waals surface area contributed by atoms with Crippen LogP contribution in [0.25, 0.3) is 0 Å². The first-order valence-electron chi connectivity index (χ1n) is 7.58. The predicted octanol–water partition coefficient (Wildman–Crippen LogP) is 2.47. The predicted molar refractivity (Wildman–Crippen MR) is 106 cm³/mol. The second-order valence-electron chi connectivity index (χ2n) is 5.02. The molecule has 0 atom stereocenters. The fraction of sp³-hybridized carbons (Fsp3) is 0.118. The summed E-state index contributed by atoms with van der Waals surface area (Å²) in [6, 6.07) is 13.5. The van der Waals surface area contributed by atoms with Gasteiger partial charge in [-0.2, -0.15) is 0 Å². The molecule has 142 valence electrons. The Labute approximate surface area is 170 Å². The molecule has 0 aliphatic rings. The molecule has 2 aromatic rings. The van der Waals surface area contributed by atoms with Crippen molar-refractivity contribution in [1.82, 2.24) is 16.2 Å². The van der Waals surface area contributed by atoms with Gasteiger partial charge in [-0.05, 0) is 42.5 Å². The van der Waals surface area contributed by atoms with Crippen molar-refractivity contribution in [3.63, 3.8) is 0 Å². The molecule has 10 heteroatoms. The SMILES string of the molecule is O=C(COc1ccc(Cl)cc1Cl)NNC(=S)NC(=O)COc1ccccc1. The Kier molecular flexibility index (Phi) is 8.12. The maximum atomic E-state index is 11.7. The molecular weight excluding hydrogens is 413 g/mol. The van der Waals surface area contributed by atoms with Gasteiger partial charge < -0.3 is 9.47 Å². The molecule has 0 saturated carbocycles. The van der Waals surface area contributed by atoms with Gasteiger partial charge in [0.25, 0.3) is 11.8 Å². The highest BCUT2D eigenvalue weighted by Gasteiger charge is 2.09. The van der Waals surface area contributed by atoms with E-state index >= 15 is 0 Å². The van der Waals surface area contributed by atoms with Crippen LogP contribution >= 0.6 is 35.4 Å². The maximum absolute atomic E-state index is 11.7. The molecule has 0 spiro atoms. The van der Waals surface area contributed by atoms with Crippen LogP contribution in [0.2, 0.25) is 10.0 Å². The lowest BCUT2D eigenvalue weighted by molar-refractivity contribution is -0.124. The highest BCUT2D eigenvalue weighted by atomic mass is 35.5. The first-order valence-corrected chi connectivity index (χ1v) is 8.75. The third-order valence-corrected chi connectivity index (χ3v) is 3.67. The minimum Gasteiger partial charge on any atom is -0.484 e. The Bertz CT molecular complexity index is 821. The zero-order chi connectivity index (χ0) is 19.6. The summed E-state index contributed by atoms with van der Waals surface area (Å²) >= 11 is 16.6. The van der Waals surface area contributed by atoms with Crippen molar-refractivity contribution in [2.24, 2.45) is 0 Å². The van der Waals surface area contributed by atoms with Gasteiger partial charge in [0.2, 0.25) is 0 Å². The average molecular weight is 428 g/mol. The smallest absolute Gasteiger partial charge is 0.276 e. The van der Waals surface area contributed by atoms with Gasteiger partial charge in [-0.25, -0.2) is 0 Å². The minimum absolute atomic E-state index is 0.0884. The molecule has 2 aromatic carbocycles. The number of amides is 2. The van der Waals surface area contributed by atoms with Crippen molar-refractivity contribution in [3.8, 4) is 11.5 Å². The van der Waals surface area contributed by atoms with Crippen LogP contribution < -0.4 is 25.6 Å². The van der Waals surface area contributed by atoms with Crippen molar-refractivity contribution in [1.29, 1.82) is 0 Å². The molecule has 0 unspecified atom stereocenters. The maximum Gasteiger partial charge on any atom is 0.276 e. The molecule has 0 radical (unpaired) electrons. The average Bonchev–Trinajstić information content (AvgIpc) is 2.65.